The molecule has 21 heavy (non-hydrogen) atoms. The third kappa shape index (κ3) is 2.27. The van der Waals surface area contributed by atoms with Crippen LogP contribution in [0.25, 0.3) is 22.0 Å². The zero-order valence-electron chi connectivity index (χ0n) is 12.9. The second-order valence-electron chi connectivity index (χ2n) is 5.82. The molecule has 2 heteroatoms. The highest BCUT2D eigenvalue weighted by Crippen LogP contribution is 2.22. The summed E-state index contributed by atoms with van der Waals surface area (Å²) in [5.74, 6) is 0. The highest BCUT2D eigenvalue weighted by Gasteiger charge is 2.11. The van der Waals surface area contributed by atoms with Gasteiger partial charge >= 0.3 is 0 Å². The molecule has 0 spiro atoms. The number of aromatic nitrogens is 1. The summed E-state index contributed by atoms with van der Waals surface area (Å²) < 4.78 is 2.05. The lowest BCUT2D eigenvalue weighted by Crippen LogP contribution is -2.11. The first-order valence-electron chi connectivity index (χ1n) is 7.15. The van der Waals surface area contributed by atoms with Crippen molar-refractivity contribution in [2.45, 2.75) is 20.8 Å². The van der Waals surface area contributed by atoms with Crippen LogP contribution < -0.4 is 5.43 Å². The Morgan fingerprint density at radius 1 is 0.905 bits per heavy atom. The predicted molar refractivity (Wildman–Crippen MR) is 88.8 cm³/mol. The smallest absolute Gasteiger partial charge is 0.197 e. The molecule has 2 aromatic carbocycles. The fourth-order valence-electron chi connectivity index (χ4n) is 2.91. The van der Waals surface area contributed by atoms with Crippen molar-refractivity contribution in [2.24, 2.45) is 7.05 Å². The monoisotopic (exact) mass is 277 g/mol. The molecule has 0 saturated heterocycles. The van der Waals surface area contributed by atoms with Gasteiger partial charge in [0, 0.05) is 24.2 Å². The highest BCUT2D eigenvalue weighted by molar-refractivity contribution is 5.87. The van der Waals surface area contributed by atoms with Crippen LogP contribution in [0.15, 0.2) is 47.4 Å². The van der Waals surface area contributed by atoms with Gasteiger partial charge in [0.2, 0.25) is 0 Å². The van der Waals surface area contributed by atoms with E-state index in [1.165, 1.54) is 11.1 Å². The highest BCUT2D eigenvalue weighted by atomic mass is 16.1. The Hall–Kier alpha value is -2.35. The standard InChI is InChI=1S/C19H19NO/c1-12-5-7-15(8-6-12)16-11-20(4)17-10-13(2)9-14(3)18(17)19(16)21/h5-11H,1-4H3. The van der Waals surface area contributed by atoms with Crippen molar-refractivity contribution < 1.29 is 0 Å². The van der Waals surface area contributed by atoms with Gasteiger partial charge in [0.15, 0.2) is 5.43 Å². The Labute approximate surface area is 124 Å². The van der Waals surface area contributed by atoms with E-state index in [2.05, 4.69) is 26.0 Å². The summed E-state index contributed by atoms with van der Waals surface area (Å²) >= 11 is 0. The third-order valence-electron chi connectivity index (χ3n) is 4.00. The Bertz CT molecular complexity index is 886. The van der Waals surface area contributed by atoms with Crippen molar-refractivity contribution in [3.8, 4) is 11.1 Å². The van der Waals surface area contributed by atoms with E-state index < -0.39 is 0 Å². The van der Waals surface area contributed by atoms with Crippen LogP contribution in [0, 0.1) is 20.8 Å². The van der Waals surface area contributed by atoms with Crippen LogP contribution in [-0.4, -0.2) is 4.57 Å². The number of hydrogen-bond acceptors (Lipinski definition) is 1. The van der Waals surface area contributed by atoms with Crippen LogP contribution in [0.1, 0.15) is 16.7 Å². The van der Waals surface area contributed by atoms with E-state index in [0.717, 1.165) is 27.6 Å². The minimum absolute atomic E-state index is 0.115. The number of benzene rings is 2. The molecule has 2 nitrogen and oxygen atoms in total. The Morgan fingerprint density at radius 2 is 1.57 bits per heavy atom. The average Bonchev–Trinajstić information content (AvgIpc) is 2.43. The van der Waals surface area contributed by atoms with E-state index in [0.29, 0.717) is 0 Å². The molecule has 106 valence electrons. The molecule has 0 N–H and O–H groups in total. The number of hydrogen-bond donors (Lipinski definition) is 0. The predicted octanol–water partition coefficient (Wildman–Crippen LogP) is 4.13. The maximum absolute atomic E-state index is 12.9. The van der Waals surface area contributed by atoms with Crippen molar-refractivity contribution in [1.82, 2.24) is 4.57 Å². The topological polar surface area (TPSA) is 22.0 Å². The van der Waals surface area contributed by atoms with Gasteiger partial charge in [-0.2, -0.15) is 0 Å². The lowest BCUT2D eigenvalue weighted by molar-refractivity contribution is 0.950. The molecule has 0 atom stereocenters. The van der Waals surface area contributed by atoms with E-state index in [1.54, 1.807) is 0 Å². The van der Waals surface area contributed by atoms with Crippen LogP contribution >= 0.6 is 0 Å². The average molecular weight is 277 g/mol. The molecule has 3 aromatic rings. The molecule has 3 rings (SSSR count). The Balaban J connectivity index is 2.39. The van der Waals surface area contributed by atoms with E-state index in [-0.39, 0.29) is 5.43 Å². The number of aryl methyl sites for hydroxylation is 4. The molecular formula is C19H19NO. The summed E-state index contributed by atoms with van der Waals surface area (Å²) in [6.45, 7) is 6.12. The maximum atomic E-state index is 12.9. The summed E-state index contributed by atoms with van der Waals surface area (Å²) in [5.41, 5.74) is 6.26. The lowest BCUT2D eigenvalue weighted by Gasteiger charge is -2.12. The second-order valence-corrected chi connectivity index (χ2v) is 5.82. The molecule has 0 bridgehead atoms. The van der Waals surface area contributed by atoms with Crippen molar-refractivity contribution in [3.63, 3.8) is 0 Å². The first kappa shape index (κ1) is 13.6. The summed E-state index contributed by atoms with van der Waals surface area (Å²) in [5, 5.41) is 0.821. The minimum atomic E-state index is 0.115. The maximum Gasteiger partial charge on any atom is 0.197 e. The second kappa shape index (κ2) is 4.88. The molecule has 0 aliphatic carbocycles. The number of rotatable bonds is 1. The summed E-state index contributed by atoms with van der Waals surface area (Å²) in [4.78, 5) is 12.9. The van der Waals surface area contributed by atoms with E-state index in [1.807, 2.05) is 49.0 Å². The molecule has 0 amide bonds. The third-order valence-corrected chi connectivity index (χ3v) is 4.00. The number of nitrogens with zero attached hydrogens (tertiary/aromatic N) is 1. The lowest BCUT2D eigenvalue weighted by atomic mass is 9.99. The zero-order valence-corrected chi connectivity index (χ0v) is 12.9. The first-order valence-corrected chi connectivity index (χ1v) is 7.15. The Morgan fingerprint density at radius 3 is 2.24 bits per heavy atom. The van der Waals surface area contributed by atoms with Gasteiger partial charge in [0.25, 0.3) is 0 Å². The fourth-order valence-corrected chi connectivity index (χ4v) is 2.91. The molecular weight excluding hydrogens is 258 g/mol. The van der Waals surface area contributed by atoms with Gasteiger partial charge in [-0.1, -0.05) is 35.9 Å². The van der Waals surface area contributed by atoms with Crippen LogP contribution in [-0.2, 0) is 7.05 Å². The van der Waals surface area contributed by atoms with Gasteiger partial charge in [0.05, 0.1) is 5.52 Å². The molecule has 1 aromatic heterocycles. The van der Waals surface area contributed by atoms with Gasteiger partial charge < -0.3 is 4.57 Å². The summed E-state index contributed by atoms with van der Waals surface area (Å²) in [7, 11) is 2.00. The molecule has 0 unspecified atom stereocenters. The van der Waals surface area contributed by atoms with Crippen molar-refractivity contribution in [1.29, 1.82) is 0 Å². The zero-order chi connectivity index (χ0) is 15.1. The molecule has 0 saturated carbocycles. The van der Waals surface area contributed by atoms with Gasteiger partial charge in [-0.3, -0.25) is 4.79 Å². The summed E-state index contributed by atoms with van der Waals surface area (Å²) in [6, 6.07) is 12.3. The van der Waals surface area contributed by atoms with Crippen LogP contribution in [0.5, 0.6) is 0 Å². The van der Waals surface area contributed by atoms with Gasteiger partial charge in [-0.05, 0) is 43.5 Å². The molecule has 1 heterocycles. The van der Waals surface area contributed by atoms with Gasteiger partial charge in [0.1, 0.15) is 0 Å². The molecule has 0 radical (unpaired) electrons. The Kier molecular flexibility index (Phi) is 3.17. The fraction of sp³-hybridized carbons (Fsp3) is 0.211. The van der Waals surface area contributed by atoms with E-state index in [4.69, 9.17) is 0 Å². The molecule has 0 aliphatic heterocycles. The van der Waals surface area contributed by atoms with E-state index >= 15 is 0 Å². The number of pyridine rings is 1. The van der Waals surface area contributed by atoms with Crippen LogP contribution in [0.2, 0.25) is 0 Å². The SMILES string of the molecule is Cc1ccc(-c2cn(C)c3cc(C)cc(C)c3c2=O)cc1. The van der Waals surface area contributed by atoms with Gasteiger partial charge in [-0.15, -0.1) is 0 Å². The van der Waals surface area contributed by atoms with Crippen LogP contribution in [0.4, 0.5) is 0 Å². The van der Waals surface area contributed by atoms with Crippen molar-refractivity contribution in [3.05, 3.63) is 69.5 Å². The quantitative estimate of drug-likeness (QED) is 0.655. The van der Waals surface area contributed by atoms with Gasteiger partial charge in [-0.25, -0.2) is 0 Å². The van der Waals surface area contributed by atoms with E-state index in [9.17, 15) is 4.79 Å². The normalized spacial score (nSPS) is 11.0. The minimum Gasteiger partial charge on any atom is -0.350 e. The van der Waals surface area contributed by atoms with Crippen molar-refractivity contribution in [2.75, 3.05) is 0 Å². The molecule has 0 aliphatic rings. The summed E-state index contributed by atoms with van der Waals surface area (Å²) in [6.07, 6.45) is 1.94. The van der Waals surface area contributed by atoms with Crippen LogP contribution in [0.3, 0.4) is 0 Å². The number of fused-ring (bicyclic) bond motifs is 1. The molecule has 0 fully saturated rings. The van der Waals surface area contributed by atoms with Crippen molar-refractivity contribution >= 4 is 10.9 Å². The largest absolute Gasteiger partial charge is 0.350 e. The first-order chi connectivity index (χ1) is 9.97.